The topological polar surface area (TPSA) is 50.7 Å². The van der Waals surface area contributed by atoms with Crippen LogP contribution in [0.1, 0.15) is 29.8 Å². The van der Waals surface area contributed by atoms with Crippen LogP contribution >= 0.6 is 11.3 Å². The third-order valence-corrected chi connectivity index (χ3v) is 3.53. The van der Waals surface area contributed by atoms with Crippen molar-refractivity contribution in [2.24, 2.45) is 0 Å². The van der Waals surface area contributed by atoms with E-state index >= 15 is 0 Å². The number of anilines is 1. The number of hydrogen-bond donors (Lipinski definition) is 1. The highest BCUT2D eigenvalue weighted by Crippen LogP contribution is 2.22. The van der Waals surface area contributed by atoms with Gasteiger partial charge in [-0.05, 0) is 19.4 Å². The molecule has 4 nitrogen and oxygen atoms in total. The summed E-state index contributed by atoms with van der Waals surface area (Å²) in [4.78, 5) is 13.9. The van der Waals surface area contributed by atoms with Crippen molar-refractivity contribution in [3.63, 3.8) is 0 Å². The van der Waals surface area contributed by atoms with E-state index in [9.17, 15) is 0 Å². The Bertz CT molecular complexity index is 440. The number of aryl methyl sites for hydroxylation is 1. The Morgan fingerprint density at radius 1 is 1.31 bits per heavy atom. The van der Waals surface area contributed by atoms with Gasteiger partial charge in [0.15, 0.2) is 0 Å². The van der Waals surface area contributed by atoms with Gasteiger partial charge in [-0.3, -0.25) is 0 Å². The highest BCUT2D eigenvalue weighted by atomic mass is 32.1. The quantitative estimate of drug-likeness (QED) is 0.883. The molecule has 2 aromatic heterocycles. The Hall–Kier alpha value is -1.49. The smallest absolute Gasteiger partial charge is 0.223 e. The van der Waals surface area contributed by atoms with Gasteiger partial charge in [-0.1, -0.05) is 6.92 Å². The van der Waals surface area contributed by atoms with Crippen LogP contribution in [0, 0.1) is 0 Å². The van der Waals surface area contributed by atoms with Crippen LogP contribution in [0.15, 0.2) is 24.7 Å². The zero-order valence-corrected chi connectivity index (χ0v) is 10.2. The van der Waals surface area contributed by atoms with E-state index in [0.717, 1.165) is 11.4 Å². The molecule has 1 atom stereocenters. The molecule has 2 aromatic rings. The first-order valence-corrected chi connectivity index (χ1v) is 6.09. The third kappa shape index (κ3) is 2.55. The lowest BCUT2D eigenvalue weighted by Crippen LogP contribution is -2.08. The first kappa shape index (κ1) is 11.0. The molecule has 0 radical (unpaired) electrons. The standard InChI is InChI=1S/C11H14N4S/c1-3-9-7-14-10(16-9)8(2)15-11-12-5-4-6-13-11/h4-8H,3H2,1-2H3,(H,12,13,15)/t8-/m1/s1. The van der Waals surface area contributed by atoms with Crippen LogP contribution in [0.25, 0.3) is 0 Å². The summed E-state index contributed by atoms with van der Waals surface area (Å²) in [5.41, 5.74) is 0. The minimum atomic E-state index is 0.146. The summed E-state index contributed by atoms with van der Waals surface area (Å²) < 4.78 is 0. The fourth-order valence-electron chi connectivity index (χ4n) is 1.32. The second-order valence-corrected chi connectivity index (χ2v) is 4.60. The monoisotopic (exact) mass is 234 g/mol. The molecule has 0 aliphatic carbocycles. The van der Waals surface area contributed by atoms with Gasteiger partial charge in [0.05, 0.1) is 6.04 Å². The fourth-order valence-corrected chi connectivity index (χ4v) is 2.17. The summed E-state index contributed by atoms with van der Waals surface area (Å²) in [6.45, 7) is 4.20. The molecule has 0 unspecified atom stereocenters. The molecule has 0 amide bonds. The molecule has 84 valence electrons. The average molecular weight is 234 g/mol. The van der Waals surface area contributed by atoms with Gasteiger partial charge in [-0.25, -0.2) is 15.0 Å². The molecule has 2 heterocycles. The molecule has 0 fully saturated rings. The van der Waals surface area contributed by atoms with Crippen LogP contribution in [0.2, 0.25) is 0 Å². The molecule has 0 spiro atoms. The minimum absolute atomic E-state index is 0.146. The SMILES string of the molecule is CCc1cnc([C@@H](C)Nc2ncccn2)s1. The predicted molar refractivity (Wildman–Crippen MR) is 65.6 cm³/mol. The molecule has 2 rings (SSSR count). The van der Waals surface area contributed by atoms with Gasteiger partial charge in [0.25, 0.3) is 0 Å². The number of nitrogens with zero attached hydrogens (tertiary/aromatic N) is 3. The lowest BCUT2D eigenvalue weighted by molar-refractivity contribution is 0.848. The van der Waals surface area contributed by atoms with Gasteiger partial charge in [-0.2, -0.15) is 0 Å². The zero-order chi connectivity index (χ0) is 11.4. The van der Waals surface area contributed by atoms with Crippen LogP contribution in [0.3, 0.4) is 0 Å². The van der Waals surface area contributed by atoms with Gasteiger partial charge in [0.1, 0.15) is 5.01 Å². The van der Waals surface area contributed by atoms with Crippen LogP contribution in [-0.2, 0) is 6.42 Å². The van der Waals surface area contributed by atoms with Crippen LogP contribution in [0.4, 0.5) is 5.95 Å². The summed E-state index contributed by atoms with van der Waals surface area (Å²) >= 11 is 1.73. The molecule has 5 heteroatoms. The zero-order valence-electron chi connectivity index (χ0n) is 9.34. The highest BCUT2D eigenvalue weighted by Gasteiger charge is 2.10. The lowest BCUT2D eigenvalue weighted by Gasteiger charge is -2.09. The van der Waals surface area contributed by atoms with E-state index in [0.29, 0.717) is 5.95 Å². The van der Waals surface area contributed by atoms with Crippen molar-refractivity contribution >= 4 is 17.3 Å². The molecular weight excluding hydrogens is 220 g/mol. The van der Waals surface area contributed by atoms with Crippen LogP contribution in [-0.4, -0.2) is 15.0 Å². The van der Waals surface area contributed by atoms with E-state index in [-0.39, 0.29) is 6.04 Å². The van der Waals surface area contributed by atoms with E-state index < -0.39 is 0 Å². The molecule has 0 aromatic carbocycles. The minimum Gasteiger partial charge on any atom is -0.345 e. The molecule has 0 saturated heterocycles. The van der Waals surface area contributed by atoms with E-state index in [1.807, 2.05) is 6.20 Å². The van der Waals surface area contributed by atoms with Crippen LogP contribution < -0.4 is 5.32 Å². The van der Waals surface area contributed by atoms with Crippen molar-refractivity contribution in [1.29, 1.82) is 0 Å². The Morgan fingerprint density at radius 2 is 2.06 bits per heavy atom. The molecule has 0 saturated carbocycles. The largest absolute Gasteiger partial charge is 0.345 e. The maximum Gasteiger partial charge on any atom is 0.223 e. The van der Waals surface area contributed by atoms with E-state index in [2.05, 4.69) is 34.1 Å². The summed E-state index contributed by atoms with van der Waals surface area (Å²) in [7, 11) is 0. The molecule has 0 bridgehead atoms. The van der Waals surface area contributed by atoms with Gasteiger partial charge >= 0.3 is 0 Å². The Labute approximate surface area is 98.8 Å². The van der Waals surface area contributed by atoms with Crippen molar-refractivity contribution in [1.82, 2.24) is 15.0 Å². The maximum absolute atomic E-state index is 4.38. The summed E-state index contributed by atoms with van der Waals surface area (Å²) in [5, 5.41) is 4.29. The van der Waals surface area contributed by atoms with Crippen molar-refractivity contribution in [3.8, 4) is 0 Å². The third-order valence-electron chi connectivity index (χ3n) is 2.20. The Morgan fingerprint density at radius 3 is 2.69 bits per heavy atom. The first-order valence-electron chi connectivity index (χ1n) is 5.27. The number of nitrogens with one attached hydrogen (secondary N) is 1. The van der Waals surface area contributed by atoms with Crippen LogP contribution in [0.5, 0.6) is 0 Å². The number of aromatic nitrogens is 3. The lowest BCUT2D eigenvalue weighted by atomic mass is 10.3. The number of thiazole rings is 1. The van der Waals surface area contributed by atoms with E-state index in [4.69, 9.17) is 0 Å². The summed E-state index contributed by atoms with van der Waals surface area (Å²) in [5.74, 6) is 0.642. The van der Waals surface area contributed by atoms with Gasteiger partial charge in [0.2, 0.25) is 5.95 Å². The van der Waals surface area contributed by atoms with Gasteiger partial charge in [-0.15, -0.1) is 11.3 Å². The predicted octanol–water partition coefficient (Wildman–Crippen LogP) is 2.67. The van der Waals surface area contributed by atoms with Crippen molar-refractivity contribution in [2.75, 3.05) is 5.32 Å². The molecule has 1 N–H and O–H groups in total. The van der Waals surface area contributed by atoms with Gasteiger partial charge in [0, 0.05) is 23.5 Å². The second-order valence-electron chi connectivity index (χ2n) is 3.46. The molecular formula is C11H14N4S. The summed E-state index contributed by atoms with van der Waals surface area (Å²) in [6.07, 6.45) is 6.42. The normalized spacial score (nSPS) is 12.4. The molecule has 16 heavy (non-hydrogen) atoms. The first-order chi connectivity index (χ1) is 7.79. The summed E-state index contributed by atoms with van der Waals surface area (Å²) in [6, 6.07) is 1.95. The van der Waals surface area contributed by atoms with Crippen molar-refractivity contribution in [3.05, 3.63) is 34.5 Å². The van der Waals surface area contributed by atoms with Gasteiger partial charge < -0.3 is 5.32 Å². The Balaban J connectivity index is 2.05. The number of hydrogen-bond acceptors (Lipinski definition) is 5. The second kappa shape index (κ2) is 5.03. The Kier molecular flexibility index (Phi) is 3.46. The number of rotatable bonds is 4. The van der Waals surface area contributed by atoms with Crippen molar-refractivity contribution in [2.45, 2.75) is 26.3 Å². The maximum atomic E-state index is 4.38. The van der Waals surface area contributed by atoms with Crippen molar-refractivity contribution < 1.29 is 0 Å². The fraction of sp³-hybridized carbons (Fsp3) is 0.364. The molecule has 0 aliphatic heterocycles. The average Bonchev–Trinajstić information content (AvgIpc) is 2.79. The molecule has 0 aliphatic rings. The van der Waals surface area contributed by atoms with E-state index in [1.54, 1.807) is 29.8 Å². The van der Waals surface area contributed by atoms with E-state index in [1.165, 1.54) is 4.88 Å². The highest BCUT2D eigenvalue weighted by molar-refractivity contribution is 7.11.